The number of benzene rings is 2. The molecule has 31 heavy (non-hydrogen) atoms. The van der Waals surface area contributed by atoms with Crippen LogP contribution in [0.5, 0.6) is 11.5 Å². The maximum absolute atomic E-state index is 12.2. The molecular weight excluding hydrogens is 447 g/mol. The molecule has 0 unspecified atom stereocenters. The number of methoxy groups -OCH3 is 2. The molecule has 3 rings (SSSR count). The van der Waals surface area contributed by atoms with E-state index in [-0.39, 0.29) is 35.7 Å². The number of nitrogens with zero attached hydrogens (tertiary/aromatic N) is 2. The van der Waals surface area contributed by atoms with Crippen LogP contribution in [0, 0.1) is 0 Å². The number of amides is 2. The van der Waals surface area contributed by atoms with Crippen LogP contribution in [0.15, 0.2) is 40.9 Å². The number of rotatable bonds is 8. The van der Waals surface area contributed by atoms with Gasteiger partial charge in [0.2, 0.25) is 5.82 Å². The Morgan fingerprint density at radius 3 is 2.32 bits per heavy atom. The number of nitrogens with one attached hydrogen (secondary N) is 2. The Balaban J connectivity index is 1.53. The summed E-state index contributed by atoms with van der Waals surface area (Å²) < 4.78 is 15.5. The molecule has 0 radical (unpaired) electrons. The molecule has 0 saturated heterocycles. The molecule has 162 valence electrons. The zero-order valence-corrected chi connectivity index (χ0v) is 18.1. The molecule has 0 bridgehead atoms. The number of hydrogen-bond acceptors (Lipinski definition) is 7. The Hall–Kier alpha value is -3.30. The molecule has 3 aromatic rings. The Morgan fingerprint density at radius 1 is 0.935 bits per heavy atom. The van der Waals surface area contributed by atoms with Crippen molar-refractivity contribution < 1.29 is 23.6 Å². The van der Waals surface area contributed by atoms with Crippen LogP contribution in [0.4, 0.5) is 0 Å². The van der Waals surface area contributed by atoms with E-state index >= 15 is 0 Å². The minimum absolute atomic E-state index is 0.153. The van der Waals surface area contributed by atoms with Crippen molar-refractivity contribution in [2.75, 3.05) is 27.3 Å². The smallest absolute Gasteiger partial charge is 0.316 e. The molecule has 1 aromatic heterocycles. The van der Waals surface area contributed by atoms with E-state index in [2.05, 4.69) is 20.8 Å². The average Bonchev–Trinajstić information content (AvgIpc) is 3.28. The fraction of sp³-hybridized carbons (Fsp3) is 0.200. The van der Waals surface area contributed by atoms with Crippen LogP contribution >= 0.6 is 23.2 Å². The molecule has 0 spiro atoms. The van der Waals surface area contributed by atoms with Gasteiger partial charge in [0.1, 0.15) is 0 Å². The van der Waals surface area contributed by atoms with Crippen LogP contribution in [0.1, 0.15) is 21.0 Å². The Kier molecular flexibility index (Phi) is 7.32. The van der Waals surface area contributed by atoms with E-state index in [1.54, 1.807) is 24.3 Å². The van der Waals surface area contributed by atoms with Gasteiger partial charge in [-0.15, -0.1) is 0 Å². The predicted octanol–water partition coefficient (Wildman–Crippen LogP) is 3.22. The lowest BCUT2D eigenvalue weighted by molar-refractivity contribution is 0.0898. The second kappa shape index (κ2) is 10.1. The van der Waals surface area contributed by atoms with Crippen LogP contribution in [-0.4, -0.2) is 49.3 Å². The standard InChI is InChI=1S/C20H18Cl2N4O5/c1-29-15-6-4-11(10-16(15)30-2)17-25-20(31-26-17)19(28)24-8-7-23-18(27)12-3-5-13(21)14(22)9-12/h3-6,9-10H,7-8H2,1-2H3,(H,23,27)(H,24,28). The van der Waals surface area contributed by atoms with Gasteiger partial charge in [-0.05, 0) is 36.4 Å². The normalized spacial score (nSPS) is 10.5. The molecule has 2 aromatic carbocycles. The first-order chi connectivity index (χ1) is 14.9. The van der Waals surface area contributed by atoms with Gasteiger partial charge in [-0.25, -0.2) is 0 Å². The summed E-state index contributed by atoms with van der Waals surface area (Å²) in [6.07, 6.45) is 0. The third-order valence-corrected chi connectivity index (χ3v) is 4.88. The maximum Gasteiger partial charge on any atom is 0.316 e. The molecule has 0 aliphatic heterocycles. The van der Waals surface area contributed by atoms with Crippen LogP contribution in [0.2, 0.25) is 10.0 Å². The zero-order valence-electron chi connectivity index (χ0n) is 16.6. The first kappa shape index (κ1) is 22.4. The van der Waals surface area contributed by atoms with Crippen molar-refractivity contribution in [3.05, 3.63) is 57.9 Å². The lowest BCUT2D eigenvalue weighted by atomic mass is 10.2. The topological polar surface area (TPSA) is 116 Å². The highest BCUT2D eigenvalue weighted by Crippen LogP contribution is 2.31. The number of aromatic nitrogens is 2. The molecular formula is C20H18Cl2N4O5. The quantitative estimate of drug-likeness (QED) is 0.491. The molecule has 0 aliphatic rings. The van der Waals surface area contributed by atoms with E-state index in [0.717, 1.165) is 0 Å². The lowest BCUT2D eigenvalue weighted by Crippen LogP contribution is -2.34. The predicted molar refractivity (Wildman–Crippen MR) is 114 cm³/mol. The minimum atomic E-state index is -0.567. The Morgan fingerprint density at radius 2 is 1.65 bits per heavy atom. The van der Waals surface area contributed by atoms with Gasteiger partial charge in [-0.1, -0.05) is 28.4 Å². The molecule has 0 aliphatic carbocycles. The number of ether oxygens (including phenoxy) is 2. The first-order valence-corrected chi connectivity index (χ1v) is 9.76. The van der Waals surface area contributed by atoms with Crippen molar-refractivity contribution in [3.8, 4) is 22.9 Å². The van der Waals surface area contributed by atoms with Gasteiger partial charge in [0, 0.05) is 24.2 Å². The second-order valence-electron chi connectivity index (χ2n) is 6.13. The molecule has 0 saturated carbocycles. The van der Waals surface area contributed by atoms with Crippen molar-refractivity contribution in [2.24, 2.45) is 0 Å². The third-order valence-electron chi connectivity index (χ3n) is 4.14. The van der Waals surface area contributed by atoms with Crippen LogP contribution in [0.3, 0.4) is 0 Å². The first-order valence-electron chi connectivity index (χ1n) is 9.00. The van der Waals surface area contributed by atoms with Crippen molar-refractivity contribution in [1.82, 2.24) is 20.8 Å². The summed E-state index contributed by atoms with van der Waals surface area (Å²) in [6.45, 7) is 0.335. The zero-order chi connectivity index (χ0) is 22.4. The molecule has 11 heteroatoms. The van der Waals surface area contributed by atoms with Crippen molar-refractivity contribution in [2.45, 2.75) is 0 Å². The highest BCUT2D eigenvalue weighted by atomic mass is 35.5. The van der Waals surface area contributed by atoms with Gasteiger partial charge in [0.15, 0.2) is 11.5 Å². The van der Waals surface area contributed by atoms with E-state index in [0.29, 0.717) is 27.6 Å². The van der Waals surface area contributed by atoms with E-state index in [1.807, 2.05) is 0 Å². The largest absolute Gasteiger partial charge is 0.493 e. The highest BCUT2D eigenvalue weighted by molar-refractivity contribution is 6.42. The van der Waals surface area contributed by atoms with Crippen LogP contribution in [0.25, 0.3) is 11.4 Å². The summed E-state index contributed by atoms with van der Waals surface area (Å²) in [5.41, 5.74) is 0.950. The van der Waals surface area contributed by atoms with Crippen LogP contribution < -0.4 is 20.1 Å². The Bertz CT molecular complexity index is 1100. The van der Waals surface area contributed by atoms with Gasteiger partial charge in [-0.3, -0.25) is 9.59 Å². The summed E-state index contributed by atoms with van der Waals surface area (Å²) in [5.74, 6) is 0.146. The van der Waals surface area contributed by atoms with Gasteiger partial charge >= 0.3 is 11.8 Å². The summed E-state index contributed by atoms with van der Waals surface area (Å²) in [6, 6.07) is 9.63. The molecule has 1 heterocycles. The van der Waals surface area contributed by atoms with E-state index < -0.39 is 5.91 Å². The van der Waals surface area contributed by atoms with Gasteiger partial charge in [-0.2, -0.15) is 4.98 Å². The second-order valence-corrected chi connectivity index (χ2v) is 6.95. The van der Waals surface area contributed by atoms with Gasteiger partial charge in [0.05, 0.1) is 24.3 Å². The Labute approximate surface area is 187 Å². The summed E-state index contributed by atoms with van der Waals surface area (Å²) in [7, 11) is 3.04. The van der Waals surface area contributed by atoms with Gasteiger partial charge in [0.25, 0.3) is 5.91 Å². The monoisotopic (exact) mass is 464 g/mol. The summed E-state index contributed by atoms with van der Waals surface area (Å²) in [4.78, 5) is 28.4. The van der Waals surface area contributed by atoms with E-state index in [4.69, 9.17) is 37.2 Å². The number of halogens is 2. The maximum atomic E-state index is 12.2. The number of hydrogen-bond donors (Lipinski definition) is 2. The molecule has 9 nitrogen and oxygen atoms in total. The lowest BCUT2D eigenvalue weighted by Gasteiger charge is -2.07. The van der Waals surface area contributed by atoms with Crippen molar-refractivity contribution in [1.29, 1.82) is 0 Å². The van der Waals surface area contributed by atoms with E-state index in [1.165, 1.54) is 26.4 Å². The highest BCUT2D eigenvalue weighted by Gasteiger charge is 2.17. The van der Waals surface area contributed by atoms with Crippen molar-refractivity contribution in [3.63, 3.8) is 0 Å². The number of carbonyl (C=O) groups excluding carboxylic acids is 2. The number of carbonyl (C=O) groups is 2. The van der Waals surface area contributed by atoms with Crippen molar-refractivity contribution >= 4 is 35.0 Å². The summed E-state index contributed by atoms with van der Waals surface area (Å²) in [5, 5.41) is 9.70. The molecule has 2 amide bonds. The fourth-order valence-corrected chi connectivity index (χ4v) is 2.87. The van der Waals surface area contributed by atoms with Gasteiger partial charge < -0.3 is 24.6 Å². The third kappa shape index (κ3) is 5.44. The SMILES string of the molecule is COc1ccc(-c2noc(C(=O)NCCNC(=O)c3ccc(Cl)c(Cl)c3)n2)cc1OC. The van der Waals surface area contributed by atoms with E-state index in [9.17, 15) is 9.59 Å². The summed E-state index contributed by atoms with van der Waals surface area (Å²) >= 11 is 11.7. The molecule has 0 atom stereocenters. The minimum Gasteiger partial charge on any atom is -0.493 e. The fourth-order valence-electron chi connectivity index (χ4n) is 2.58. The molecule has 2 N–H and O–H groups in total. The average molecular weight is 465 g/mol. The molecule has 0 fully saturated rings. The van der Waals surface area contributed by atoms with Crippen LogP contribution in [-0.2, 0) is 0 Å².